The molecule has 1 atom stereocenters. The second kappa shape index (κ2) is 8.68. The largest absolute Gasteiger partial charge is 0.444 e. The Morgan fingerprint density at radius 1 is 1.10 bits per heavy atom. The summed E-state index contributed by atoms with van der Waals surface area (Å²) < 4.78 is 51.1. The van der Waals surface area contributed by atoms with Gasteiger partial charge in [0.15, 0.2) is 0 Å². The third kappa shape index (κ3) is 4.61. The van der Waals surface area contributed by atoms with Gasteiger partial charge in [-0.25, -0.2) is 17.6 Å². The van der Waals surface area contributed by atoms with Gasteiger partial charge in [-0.3, -0.25) is 4.79 Å². The molecular weight excluding hydrogens is 403 g/mol. The molecular formula is C19H19FN2O6S. The number of amides is 1. The normalized spacial score (nSPS) is 16.2. The Labute approximate surface area is 167 Å². The highest BCUT2D eigenvalue weighted by Crippen LogP contribution is 2.24. The van der Waals surface area contributed by atoms with Crippen LogP contribution in [0.3, 0.4) is 0 Å². The molecule has 1 heterocycles. The van der Waals surface area contributed by atoms with Gasteiger partial charge in [-0.15, -0.1) is 0 Å². The van der Waals surface area contributed by atoms with Gasteiger partial charge in [0, 0.05) is 18.7 Å². The molecule has 1 amide bonds. The van der Waals surface area contributed by atoms with E-state index in [0.29, 0.717) is 5.56 Å². The van der Waals surface area contributed by atoms with E-state index in [4.69, 9.17) is 15.2 Å². The lowest BCUT2D eigenvalue weighted by Gasteiger charge is -2.26. The first-order valence-electron chi connectivity index (χ1n) is 8.73. The van der Waals surface area contributed by atoms with Crippen molar-refractivity contribution in [2.24, 2.45) is 5.73 Å². The number of rotatable bonds is 6. The highest BCUT2D eigenvalue weighted by molar-refractivity contribution is 7.89. The second-order valence-electron chi connectivity index (χ2n) is 6.26. The molecule has 0 aliphatic carbocycles. The van der Waals surface area contributed by atoms with Gasteiger partial charge in [0.1, 0.15) is 10.7 Å². The van der Waals surface area contributed by atoms with Gasteiger partial charge in [0.2, 0.25) is 16.1 Å². The molecule has 1 aliphatic heterocycles. The molecule has 0 bridgehead atoms. The van der Waals surface area contributed by atoms with Gasteiger partial charge >= 0.3 is 5.97 Å². The van der Waals surface area contributed by atoms with E-state index in [9.17, 15) is 22.4 Å². The molecule has 2 aromatic carbocycles. The van der Waals surface area contributed by atoms with Crippen LogP contribution < -0.4 is 5.73 Å². The lowest BCUT2D eigenvalue weighted by Crippen LogP contribution is -2.41. The minimum Gasteiger partial charge on any atom is -0.444 e. The number of carbonyl (C=O) groups excluding carboxylic acids is 2. The average Bonchev–Trinajstić information content (AvgIpc) is 2.73. The first kappa shape index (κ1) is 20.9. The first-order chi connectivity index (χ1) is 13.8. The van der Waals surface area contributed by atoms with Crippen molar-refractivity contribution in [2.75, 3.05) is 26.3 Å². The van der Waals surface area contributed by atoms with Crippen LogP contribution in [0.5, 0.6) is 0 Å². The van der Waals surface area contributed by atoms with Crippen molar-refractivity contribution >= 4 is 21.9 Å². The van der Waals surface area contributed by atoms with E-state index in [0.717, 1.165) is 22.5 Å². The van der Waals surface area contributed by atoms with E-state index >= 15 is 0 Å². The Balaban J connectivity index is 1.88. The molecule has 2 N–H and O–H groups in total. The molecule has 0 aromatic heterocycles. The van der Waals surface area contributed by atoms with E-state index in [1.165, 1.54) is 0 Å². The molecule has 2 aromatic rings. The fraction of sp³-hybridized carbons (Fsp3) is 0.263. The number of carbonyl (C=O) groups is 2. The summed E-state index contributed by atoms with van der Waals surface area (Å²) in [6, 6.07) is 11.0. The maximum atomic E-state index is 14.3. The summed E-state index contributed by atoms with van der Waals surface area (Å²) in [6.07, 6.45) is -1.37. The van der Waals surface area contributed by atoms with Crippen LogP contribution in [-0.4, -0.2) is 50.9 Å². The smallest absolute Gasteiger partial charge is 0.339 e. The number of benzene rings is 2. The Kier molecular flexibility index (Phi) is 6.26. The zero-order chi connectivity index (χ0) is 21.0. The topological polar surface area (TPSA) is 116 Å². The first-order valence-corrected chi connectivity index (χ1v) is 10.2. The number of esters is 1. The van der Waals surface area contributed by atoms with E-state index in [-0.39, 0.29) is 31.9 Å². The van der Waals surface area contributed by atoms with Gasteiger partial charge in [-0.05, 0) is 18.2 Å². The number of nitrogens with zero attached hydrogens (tertiary/aromatic N) is 1. The van der Waals surface area contributed by atoms with Gasteiger partial charge in [0.25, 0.3) is 5.91 Å². The fourth-order valence-electron chi connectivity index (χ4n) is 2.85. The van der Waals surface area contributed by atoms with Crippen LogP contribution in [0.15, 0.2) is 53.4 Å². The number of primary amides is 1. The molecule has 154 valence electrons. The van der Waals surface area contributed by atoms with Crippen molar-refractivity contribution in [3.8, 4) is 0 Å². The van der Waals surface area contributed by atoms with Crippen LogP contribution >= 0.6 is 0 Å². The molecule has 10 heteroatoms. The highest BCUT2D eigenvalue weighted by Gasteiger charge is 2.31. The minimum atomic E-state index is -4.17. The molecule has 1 unspecified atom stereocenters. The Hall–Kier alpha value is -2.82. The average molecular weight is 422 g/mol. The van der Waals surface area contributed by atoms with Crippen LogP contribution in [0.4, 0.5) is 4.39 Å². The maximum absolute atomic E-state index is 14.3. The minimum absolute atomic E-state index is 0.0776. The van der Waals surface area contributed by atoms with E-state index < -0.39 is 38.7 Å². The third-order valence-electron chi connectivity index (χ3n) is 4.34. The van der Waals surface area contributed by atoms with E-state index in [1.54, 1.807) is 30.3 Å². The molecule has 0 radical (unpaired) electrons. The summed E-state index contributed by atoms with van der Waals surface area (Å²) in [5, 5.41) is 0. The van der Waals surface area contributed by atoms with Crippen molar-refractivity contribution < 1.29 is 31.9 Å². The predicted molar refractivity (Wildman–Crippen MR) is 99.8 cm³/mol. The third-order valence-corrected chi connectivity index (χ3v) is 6.25. The Morgan fingerprint density at radius 3 is 2.38 bits per heavy atom. The molecule has 29 heavy (non-hydrogen) atoms. The quantitative estimate of drug-likeness (QED) is 0.700. The van der Waals surface area contributed by atoms with Crippen molar-refractivity contribution in [3.63, 3.8) is 0 Å². The van der Waals surface area contributed by atoms with Gasteiger partial charge in [0.05, 0.1) is 18.8 Å². The van der Waals surface area contributed by atoms with E-state index in [2.05, 4.69) is 0 Å². The maximum Gasteiger partial charge on any atom is 0.339 e. The van der Waals surface area contributed by atoms with E-state index in [1.807, 2.05) is 0 Å². The van der Waals surface area contributed by atoms with Gasteiger partial charge < -0.3 is 15.2 Å². The zero-order valence-electron chi connectivity index (χ0n) is 15.3. The number of nitrogens with two attached hydrogens (primary N) is 1. The van der Waals surface area contributed by atoms with Crippen LogP contribution in [0.1, 0.15) is 22.0 Å². The highest BCUT2D eigenvalue weighted by atomic mass is 32.2. The lowest BCUT2D eigenvalue weighted by atomic mass is 10.1. The molecule has 1 saturated heterocycles. The number of halogens is 1. The summed E-state index contributed by atoms with van der Waals surface area (Å²) in [7, 11) is -4.17. The Bertz CT molecular complexity index is 1010. The standard InChI is InChI=1S/C19H19FN2O6S/c20-15-7-6-14(12-16(15)29(25,26)22-8-10-27-11-9-22)19(24)28-17(18(21)23)13-4-2-1-3-5-13/h1-7,12,17H,8-11H2,(H2,21,23). The van der Waals surface area contributed by atoms with Crippen LogP contribution in [0.25, 0.3) is 0 Å². The molecule has 0 spiro atoms. The van der Waals surface area contributed by atoms with Crippen molar-refractivity contribution in [3.05, 3.63) is 65.5 Å². The zero-order valence-corrected chi connectivity index (χ0v) is 16.1. The Morgan fingerprint density at radius 2 is 1.76 bits per heavy atom. The number of morpholine rings is 1. The SMILES string of the molecule is NC(=O)C(OC(=O)c1ccc(F)c(S(=O)(=O)N2CCOCC2)c1)c1ccccc1. The second-order valence-corrected chi connectivity index (χ2v) is 8.17. The molecule has 1 fully saturated rings. The fourth-order valence-corrected chi connectivity index (χ4v) is 4.35. The van der Waals surface area contributed by atoms with Crippen molar-refractivity contribution in [2.45, 2.75) is 11.0 Å². The monoisotopic (exact) mass is 422 g/mol. The van der Waals surface area contributed by atoms with Crippen LogP contribution in [-0.2, 0) is 24.3 Å². The van der Waals surface area contributed by atoms with Gasteiger partial charge in [-0.1, -0.05) is 30.3 Å². The summed E-state index contributed by atoms with van der Waals surface area (Å²) >= 11 is 0. The summed E-state index contributed by atoms with van der Waals surface area (Å²) in [6.45, 7) is 0.544. The number of ether oxygens (including phenoxy) is 2. The summed E-state index contributed by atoms with van der Waals surface area (Å²) in [5.74, 6) is -2.90. The van der Waals surface area contributed by atoms with Crippen molar-refractivity contribution in [1.29, 1.82) is 0 Å². The van der Waals surface area contributed by atoms with Crippen LogP contribution in [0.2, 0.25) is 0 Å². The van der Waals surface area contributed by atoms with Gasteiger partial charge in [-0.2, -0.15) is 4.31 Å². The number of sulfonamides is 1. The van der Waals surface area contributed by atoms with Crippen LogP contribution in [0, 0.1) is 5.82 Å². The molecule has 8 nitrogen and oxygen atoms in total. The van der Waals surface area contributed by atoms with Crippen molar-refractivity contribution in [1.82, 2.24) is 4.31 Å². The summed E-state index contributed by atoms with van der Waals surface area (Å²) in [4.78, 5) is 23.6. The molecule has 1 aliphatic rings. The number of hydrogen-bond donors (Lipinski definition) is 1. The number of hydrogen-bond acceptors (Lipinski definition) is 6. The molecule has 3 rings (SSSR count). The molecule has 0 saturated carbocycles. The predicted octanol–water partition coefficient (Wildman–Crippen LogP) is 1.23. The summed E-state index contributed by atoms with van der Waals surface area (Å²) in [5.41, 5.74) is 5.46. The lowest BCUT2D eigenvalue weighted by molar-refractivity contribution is -0.127.